The minimum absolute atomic E-state index is 0. The van der Waals surface area contributed by atoms with Crippen molar-refractivity contribution < 1.29 is 9.53 Å². The highest BCUT2D eigenvalue weighted by Crippen LogP contribution is 2.14. The Morgan fingerprint density at radius 3 is 2.56 bits per heavy atom. The first-order valence-electron chi connectivity index (χ1n) is 8.44. The summed E-state index contributed by atoms with van der Waals surface area (Å²) in [6, 6.07) is 8.56. The molecular formula is C18H29IN4O2. The minimum atomic E-state index is 0. The Morgan fingerprint density at radius 2 is 2.00 bits per heavy atom. The van der Waals surface area contributed by atoms with Gasteiger partial charge < -0.3 is 20.3 Å². The third kappa shape index (κ3) is 7.19. The molecule has 0 radical (unpaired) electrons. The van der Waals surface area contributed by atoms with E-state index in [1.165, 1.54) is 11.1 Å². The molecule has 1 saturated heterocycles. The molecule has 1 fully saturated rings. The maximum absolute atomic E-state index is 11.7. The molecule has 7 heteroatoms. The van der Waals surface area contributed by atoms with Crippen LogP contribution >= 0.6 is 24.0 Å². The minimum Gasteiger partial charge on any atom is -0.383 e. The van der Waals surface area contributed by atoms with Crippen LogP contribution in [0.15, 0.2) is 29.3 Å². The van der Waals surface area contributed by atoms with Gasteiger partial charge in [-0.2, -0.15) is 0 Å². The van der Waals surface area contributed by atoms with E-state index < -0.39 is 0 Å². The van der Waals surface area contributed by atoms with Crippen molar-refractivity contribution in [2.75, 3.05) is 27.3 Å². The van der Waals surface area contributed by atoms with Gasteiger partial charge in [0.15, 0.2) is 5.96 Å². The van der Waals surface area contributed by atoms with Crippen LogP contribution in [0.2, 0.25) is 0 Å². The highest BCUT2D eigenvalue weighted by Gasteiger charge is 2.19. The Labute approximate surface area is 167 Å². The SMILES string of the molecule is CN=C(NCc1ccc(CN2CCCC2=O)cc1)NC(C)COC.I. The summed E-state index contributed by atoms with van der Waals surface area (Å²) in [6.07, 6.45) is 1.67. The number of ether oxygens (including phenoxy) is 1. The fourth-order valence-corrected chi connectivity index (χ4v) is 2.76. The lowest BCUT2D eigenvalue weighted by Crippen LogP contribution is -2.43. The van der Waals surface area contributed by atoms with Crippen LogP contribution in [0, 0.1) is 0 Å². The van der Waals surface area contributed by atoms with E-state index in [1.807, 2.05) is 11.8 Å². The van der Waals surface area contributed by atoms with Crippen molar-refractivity contribution in [1.29, 1.82) is 0 Å². The number of nitrogens with one attached hydrogen (secondary N) is 2. The van der Waals surface area contributed by atoms with Gasteiger partial charge in [-0.05, 0) is 24.5 Å². The summed E-state index contributed by atoms with van der Waals surface area (Å²) in [4.78, 5) is 17.8. The van der Waals surface area contributed by atoms with Gasteiger partial charge in [0.2, 0.25) is 5.91 Å². The second-order valence-electron chi connectivity index (χ2n) is 6.16. The lowest BCUT2D eigenvalue weighted by Gasteiger charge is -2.18. The standard InChI is InChI=1S/C18H28N4O2.HI/c1-14(13-24-3)21-18(19-2)20-11-15-6-8-16(9-7-15)12-22-10-4-5-17(22)23;/h6-9,14H,4-5,10-13H2,1-3H3,(H2,19,20,21);1H. The molecule has 2 N–H and O–H groups in total. The van der Waals surface area contributed by atoms with E-state index in [0.29, 0.717) is 26.1 Å². The van der Waals surface area contributed by atoms with Crippen molar-refractivity contribution >= 4 is 35.8 Å². The monoisotopic (exact) mass is 460 g/mol. The zero-order valence-electron chi connectivity index (χ0n) is 15.2. The molecule has 1 aliphatic rings. The Kier molecular flexibility index (Phi) is 9.81. The average Bonchev–Trinajstić information content (AvgIpc) is 2.98. The second-order valence-corrected chi connectivity index (χ2v) is 6.16. The molecule has 0 saturated carbocycles. The van der Waals surface area contributed by atoms with E-state index in [4.69, 9.17) is 4.74 Å². The third-order valence-corrected chi connectivity index (χ3v) is 4.05. The first-order chi connectivity index (χ1) is 11.6. The average molecular weight is 460 g/mol. The predicted octanol–water partition coefficient (Wildman–Crippen LogP) is 2.13. The van der Waals surface area contributed by atoms with Gasteiger partial charge in [-0.25, -0.2) is 0 Å². The van der Waals surface area contributed by atoms with Crippen LogP contribution in [0.3, 0.4) is 0 Å². The molecule has 2 rings (SSSR count). The fourth-order valence-electron chi connectivity index (χ4n) is 2.76. The first-order valence-corrected chi connectivity index (χ1v) is 8.44. The molecule has 0 aromatic heterocycles. The summed E-state index contributed by atoms with van der Waals surface area (Å²) in [5.41, 5.74) is 2.35. The third-order valence-electron chi connectivity index (χ3n) is 4.05. The smallest absolute Gasteiger partial charge is 0.222 e. The number of halogens is 1. The number of benzene rings is 1. The largest absolute Gasteiger partial charge is 0.383 e. The van der Waals surface area contributed by atoms with E-state index in [0.717, 1.165) is 18.9 Å². The lowest BCUT2D eigenvalue weighted by atomic mass is 10.1. The fraction of sp³-hybridized carbons (Fsp3) is 0.556. The molecule has 25 heavy (non-hydrogen) atoms. The molecule has 1 aromatic carbocycles. The molecular weight excluding hydrogens is 431 g/mol. The molecule has 0 spiro atoms. The predicted molar refractivity (Wildman–Crippen MR) is 111 cm³/mol. The number of carbonyl (C=O) groups excluding carboxylic acids is 1. The molecule has 1 unspecified atom stereocenters. The van der Waals surface area contributed by atoms with Crippen molar-refractivity contribution in [3.05, 3.63) is 35.4 Å². The Balaban J connectivity index is 0.00000312. The number of methoxy groups -OCH3 is 1. The lowest BCUT2D eigenvalue weighted by molar-refractivity contribution is -0.128. The van der Waals surface area contributed by atoms with Crippen molar-refractivity contribution in [3.63, 3.8) is 0 Å². The number of amides is 1. The van der Waals surface area contributed by atoms with Crippen LogP contribution in [0.25, 0.3) is 0 Å². The highest BCUT2D eigenvalue weighted by atomic mass is 127. The van der Waals surface area contributed by atoms with Crippen LogP contribution in [0.5, 0.6) is 0 Å². The molecule has 1 heterocycles. The van der Waals surface area contributed by atoms with Crippen LogP contribution in [0.1, 0.15) is 30.9 Å². The molecule has 0 aliphatic carbocycles. The first kappa shape index (κ1) is 21.7. The van der Waals surface area contributed by atoms with Gasteiger partial charge in [-0.3, -0.25) is 9.79 Å². The molecule has 1 amide bonds. The quantitative estimate of drug-likeness (QED) is 0.372. The molecule has 6 nitrogen and oxygen atoms in total. The summed E-state index contributed by atoms with van der Waals surface area (Å²) in [6.45, 7) is 4.96. The summed E-state index contributed by atoms with van der Waals surface area (Å²) >= 11 is 0. The number of hydrogen-bond donors (Lipinski definition) is 2. The summed E-state index contributed by atoms with van der Waals surface area (Å²) in [5.74, 6) is 1.02. The van der Waals surface area contributed by atoms with E-state index >= 15 is 0 Å². The summed E-state index contributed by atoms with van der Waals surface area (Å²) in [7, 11) is 3.44. The van der Waals surface area contributed by atoms with Crippen molar-refractivity contribution in [2.45, 2.75) is 38.9 Å². The van der Waals surface area contributed by atoms with Crippen molar-refractivity contribution in [1.82, 2.24) is 15.5 Å². The van der Waals surface area contributed by atoms with Crippen LogP contribution in [-0.4, -0.2) is 50.1 Å². The number of rotatable bonds is 7. The zero-order chi connectivity index (χ0) is 17.4. The number of guanidine groups is 1. The van der Waals surface area contributed by atoms with Crippen LogP contribution < -0.4 is 10.6 Å². The molecule has 1 aliphatic heterocycles. The Bertz CT molecular complexity index is 563. The number of carbonyl (C=O) groups is 1. The highest BCUT2D eigenvalue weighted by molar-refractivity contribution is 14.0. The van der Waals surface area contributed by atoms with Gasteiger partial charge in [-0.1, -0.05) is 24.3 Å². The Morgan fingerprint density at radius 1 is 1.32 bits per heavy atom. The number of nitrogens with zero attached hydrogens (tertiary/aromatic N) is 2. The molecule has 1 atom stereocenters. The van der Waals surface area contributed by atoms with E-state index in [2.05, 4.69) is 39.9 Å². The molecule has 140 valence electrons. The van der Waals surface area contributed by atoms with Gasteiger partial charge >= 0.3 is 0 Å². The number of likely N-dealkylation sites (tertiary alicyclic amines) is 1. The topological polar surface area (TPSA) is 66.0 Å². The molecule has 0 bridgehead atoms. The van der Waals surface area contributed by atoms with E-state index in [9.17, 15) is 4.79 Å². The van der Waals surface area contributed by atoms with Gasteiger partial charge in [0.25, 0.3) is 0 Å². The van der Waals surface area contributed by atoms with Crippen molar-refractivity contribution in [3.8, 4) is 0 Å². The zero-order valence-corrected chi connectivity index (χ0v) is 17.6. The number of aliphatic imine (C=N–C) groups is 1. The van der Waals surface area contributed by atoms with Gasteiger partial charge in [0.1, 0.15) is 0 Å². The van der Waals surface area contributed by atoms with Crippen LogP contribution in [0.4, 0.5) is 0 Å². The maximum atomic E-state index is 11.7. The van der Waals surface area contributed by atoms with Crippen LogP contribution in [-0.2, 0) is 22.6 Å². The van der Waals surface area contributed by atoms with Gasteiger partial charge in [-0.15, -0.1) is 24.0 Å². The normalized spacial score (nSPS) is 15.7. The van der Waals surface area contributed by atoms with E-state index in [1.54, 1.807) is 14.2 Å². The number of hydrogen-bond acceptors (Lipinski definition) is 3. The second kappa shape index (κ2) is 11.3. The Hall–Kier alpha value is -1.35. The summed E-state index contributed by atoms with van der Waals surface area (Å²) in [5, 5.41) is 6.57. The molecule has 1 aromatic rings. The van der Waals surface area contributed by atoms with Gasteiger partial charge in [0, 0.05) is 46.3 Å². The summed E-state index contributed by atoms with van der Waals surface area (Å²) < 4.78 is 5.11. The van der Waals surface area contributed by atoms with E-state index in [-0.39, 0.29) is 35.9 Å². The maximum Gasteiger partial charge on any atom is 0.222 e. The van der Waals surface area contributed by atoms with Crippen molar-refractivity contribution in [2.24, 2.45) is 4.99 Å². The van der Waals surface area contributed by atoms with Gasteiger partial charge in [0.05, 0.1) is 6.61 Å².